The van der Waals surface area contributed by atoms with Gasteiger partial charge < -0.3 is 14.4 Å². The molecule has 1 amide bonds. The highest BCUT2D eigenvalue weighted by molar-refractivity contribution is 7.94. The fourth-order valence-corrected chi connectivity index (χ4v) is 4.96. The number of sulfonamides is 1. The minimum Gasteiger partial charge on any atom is -0.454 e. The van der Waals surface area contributed by atoms with Gasteiger partial charge in [0.05, 0.1) is 0 Å². The lowest BCUT2D eigenvalue weighted by molar-refractivity contribution is 0.0785. The van der Waals surface area contributed by atoms with E-state index in [0.717, 1.165) is 16.9 Å². The van der Waals surface area contributed by atoms with Crippen molar-refractivity contribution in [3.63, 3.8) is 0 Å². The maximum Gasteiger partial charge on any atom is 0.271 e. The summed E-state index contributed by atoms with van der Waals surface area (Å²) in [6.45, 7) is 0.610. The summed E-state index contributed by atoms with van der Waals surface area (Å²) in [6, 6.07) is 15.1. The zero-order valence-electron chi connectivity index (χ0n) is 15.5. The number of benzene rings is 2. The minimum atomic E-state index is -3.61. The van der Waals surface area contributed by atoms with E-state index in [9.17, 15) is 13.2 Å². The fourth-order valence-electron chi connectivity index (χ4n) is 2.91. The lowest BCUT2D eigenvalue weighted by Crippen LogP contribution is -2.26. The Morgan fingerprint density at radius 3 is 2.59 bits per heavy atom. The van der Waals surface area contributed by atoms with E-state index in [2.05, 4.69) is 4.72 Å². The number of ether oxygens (including phenoxy) is 2. The summed E-state index contributed by atoms with van der Waals surface area (Å²) >= 11 is 1.14. The highest BCUT2D eigenvalue weighted by Crippen LogP contribution is 2.32. The van der Waals surface area contributed by atoms with Crippen LogP contribution in [0.2, 0.25) is 0 Å². The number of rotatable bonds is 6. The number of carbonyl (C=O) groups excluding carboxylic acids is 1. The van der Waals surface area contributed by atoms with Gasteiger partial charge in [-0.1, -0.05) is 12.1 Å². The molecule has 0 saturated heterocycles. The van der Waals surface area contributed by atoms with Gasteiger partial charge in [-0.15, -0.1) is 11.3 Å². The number of amides is 1. The molecule has 9 heteroatoms. The summed E-state index contributed by atoms with van der Waals surface area (Å²) in [5.74, 6) is 1.20. The number of fused-ring (bicyclic) bond motifs is 1. The Morgan fingerprint density at radius 1 is 1.10 bits per heavy atom. The van der Waals surface area contributed by atoms with Gasteiger partial charge in [-0.3, -0.25) is 9.52 Å². The molecule has 4 rings (SSSR count). The highest BCUT2D eigenvalue weighted by atomic mass is 32.2. The van der Waals surface area contributed by atoms with Crippen LogP contribution in [0.3, 0.4) is 0 Å². The summed E-state index contributed by atoms with van der Waals surface area (Å²) in [7, 11) is -1.91. The Hall–Kier alpha value is -3.04. The van der Waals surface area contributed by atoms with Crippen molar-refractivity contribution >= 4 is 33.0 Å². The summed E-state index contributed by atoms with van der Waals surface area (Å²) in [4.78, 5) is 14.3. The molecular weight excluding hydrogens is 412 g/mol. The Labute approximate surface area is 172 Å². The number of thiophene rings is 1. The van der Waals surface area contributed by atoms with Gasteiger partial charge in [-0.25, -0.2) is 8.42 Å². The second kappa shape index (κ2) is 7.76. The van der Waals surface area contributed by atoms with Crippen LogP contribution >= 0.6 is 11.3 Å². The molecule has 0 saturated carbocycles. The van der Waals surface area contributed by atoms with Gasteiger partial charge in [-0.2, -0.15) is 0 Å². The van der Waals surface area contributed by atoms with Gasteiger partial charge in [0.2, 0.25) is 6.79 Å². The van der Waals surface area contributed by atoms with Crippen LogP contribution in [-0.4, -0.2) is 33.1 Å². The number of hydrogen-bond donors (Lipinski definition) is 1. The van der Waals surface area contributed by atoms with Crippen LogP contribution in [0, 0.1) is 0 Å². The van der Waals surface area contributed by atoms with Crippen molar-refractivity contribution in [3.05, 3.63) is 71.1 Å². The molecule has 150 valence electrons. The Kier molecular flexibility index (Phi) is 5.16. The van der Waals surface area contributed by atoms with Crippen LogP contribution in [-0.2, 0) is 16.6 Å². The van der Waals surface area contributed by atoms with Crippen molar-refractivity contribution in [2.45, 2.75) is 10.8 Å². The molecule has 1 aliphatic rings. The number of anilines is 1. The summed E-state index contributed by atoms with van der Waals surface area (Å²) in [6.07, 6.45) is 0. The van der Waals surface area contributed by atoms with Crippen LogP contribution in [0.1, 0.15) is 15.9 Å². The second-order valence-electron chi connectivity index (χ2n) is 6.46. The molecule has 3 aromatic rings. The average Bonchev–Trinajstić information content (AvgIpc) is 3.39. The van der Waals surface area contributed by atoms with Gasteiger partial charge >= 0.3 is 0 Å². The first kappa shape index (κ1) is 19.3. The van der Waals surface area contributed by atoms with E-state index in [1.807, 2.05) is 18.2 Å². The third-order valence-corrected chi connectivity index (χ3v) is 7.13. The molecule has 7 nitrogen and oxygen atoms in total. The van der Waals surface area contributed by atoms with E-state index in [-0.39, 0.29) is 16.9 Å². The largest absolute Gasteiger partial charge is 0.454 e. The first-order valence-corrected chi connectivity index (χ1v) is 11.1. The van der Waals surface area contributed by atoms with E-state index >= 15 is 0 Å². The van der Waals surface area contributed by atoms with Crippen molar-refractivity contribution in [1.29, 1.82) is 0 Å². The molecule has 0 radical (unpaired) electrons. The van der Waals surface area contributed by atoms with Crippen molar-refractivity contribution in [2.24, 2.45) is 0 Å². The van der Waals surface area contributed by atoms with Crippen molar-refractivity contribution in [1.82, 2.24) is 4.90 Å². The number of carbonyl (C=O) groups is 1. The molecule has 0 aliphatic carbocycles. The molecular formula is C20H18N2O5S2. The molecule has 0 unspecified atom stereocenters. The molecule has 2 aromatic carbocycles. The molecule has 2 heterocycles. The van der Waals surface area contributed by atoms with Gasteiger partial charge in [0.1, 0.15) is 4.21 Å². The maximum atomic E-state index is 12.7. The first-order valence-electron chi connectivity index (χ1n) is 8.73. The molecule has 0 fully saturated rings. The first-order chi connectivity index (χ1) is 13.9. The van der Waals surface area contributed by atoms with Gasteiger partial charge in [0.15, 0.2) is 11.5 Å². The van der Waals surface area contributed by atoms with E-state index in [1.165, 1.54) is 6.07 Å². The lowest BCUT2D eigenvalue weighted by atomic mass is 10.1. The van der Waals surface area contributed by atoms with Gasteiger partial charge in [0, 0.05) is 24.8 Å². The zero-order chi connectivity index (χ0) is 20.4. The Bertz CT molecular complexity index is 1130. The normalized spacial score (nSPS) is 12.6. The standard InChI is InChI=1S/C20H18N2O5S2/c1-22(12-14-4-9-17-18(11-14)27-13-26-17)20(23)15-5-7-16(8-6-15)21-29(24,25)19-3-2-10-28-19/h2-11,21H,12-13H2,1H3. The average molecular weight is 431 g/mol. The third kappa shape index (κ3) is 4.20. The fraction of sp³-hybridized carbons (Fsp3) is 0.150. The molecule has 1 aromatic heterocycles. The van der Waals surface area contributed by atoms with Crippen LogP contribution in [0.25, 0.3) is 0 Å². The van der Waals surface area contributed by atoms with E-state index < -0.39 is 10.0 Å². The minimum absolute atomic E-state index is 0.171. The van der Waals surface area contributed by atoms with Crippen LogP contribution in [0.4, 0.5) is 5.69 Å². The molecule has 1 N–H and O–H groups in total. The van der Waals surface area contributed by atoms with Crippen molar-refractivity contribution in [3.8, 4) is 11.5 Å². The zero-order valence-corrected chi connectivity index (χ0v) is 17.1. The molecule has 29 heavy (non-hydrogen) atoms. The van der Waals surface area contributed by atoms with Gasteiger partial charge in [0.25, 0.3) is 15.9 Å². The second-order valence-corrected chi connectivity index (χ2v) is 9.32. The van der Waals surface area contributed by atoms with E-state index in [0.29, 0.717) is 29.3 Å². The summed E-state index contributed by atoms with van der Waals surface area (Å²) in [5, 5.41) is 1.70. The van der Waals surface area contributed by atoms with Crippen LogP contribution < -0.4 is 14.2 Å². The topological polar surface area (TPSA) is 84.9 Å². The number of hydrogen-bond acceptors (Lipinski definition) is 6. The van der Waals surface area contributed by atoms with E-state index in [4.69, 9.17) is 9.47 Å². The quantitative estimate of drug-likeness (QED) is 0.647. The van der Waals surface area contributed by atoms with Crippen LogP contribution in [0.5, 0.6) is 11.5 Å². The van der Waals surface area contributed by atoms with E-state index in [1.54, 1.807) is 47.7 Å². The Balaban J connectivity index is 1.42. The van der Waals surface area contributed by atoms with Crippen molar-refractivity contribution in [2.75, 3.05) is 18.6 Å². The maximum absolute atomic E-state index is 12.7. The summed E-state index contributed by atoms with van der Waals surface area (Å²) in [5.41, 5.74) is 1.78. The number of nitrogens with one attached hydrogen (secondary N) is 1. The van der Waals surface area contributed by atoms with Crippen LogP contribution in [0.15, 0.2) is 64.2 Å². The third-order valence-electron chi connectivity index (χ3n) is 4.35. The number of nitrogens with zero attached hydrogens (tertiary/aromatic N) is 1. The Morgan fingerprint density at radius 2 is 1.86 bits per heavy atom. The summed E-state index contributed by atoms with van der Waals surface area (Å²) < 4.78 is 38.0. The molecule has 0 atom stereocenters. The monoisotopic (exact) mass is 430 g/mol. The smallest absolute Gasteiger partial charge is 0.271 e. The highest BCUT2D eigenvalue weighted by Gasteiger charge is 2.18. The SMILES string of the molecule is CN(Cc1ccc2c(c1)OCO2)C(=O)c1ccc(NS(=O)(=O)c2cccs2)cc1. The van der Waals surface area contributed by atoms with Crippen molar-refractivity contribution < 1.29 is 22.7 Å². The molecule has 1 aliphatic heterocycles. The predicted molar refractivity (Wildman–Crippen MR) is 110 cm³/mol. The lowest BCUT2D eigenvalue weighted by Gasteiger charge is -2.18. The predicted octanol–water partition coefficient (Wildman–Crippen LogP) is 3.55. The molecule has 0 spiro atoms. The molecule has 0 bridgehead atoms. The van der Waals surface area contributed by atoms with Gasteiger partial charge in [-0.05, 0) is 53.4 Å².